The van der Waals surface area contributed by atoms with Gasteiger partial charge >= 0.3 is 12.0 Å². The lowest BCUT2D eigenvalue weighted by atomic mass is 10.2. The number of urea groups is 1. The van der Waals surface area contributed by atoms with Crippen molar-refractivity contribution in [2.45, 2.75) is 18.9 Å². The van der Waals surface area contributed by atoms with Crippen LogP contribution in [-0.2, 0) is 9.59 Å². The zero-order valence-electron chi connectivity index (χ0n) is 9.89. The number of aliphatic hydroxyl groups is 1. The van der Waals surface area contributed by atoms with E-state index < -0.39 is 18.1 Å². The van der Waals surface area contributed by atoms with E-state index in [0.29, 0.717) is 19.5 Å². The zero-order chi connectivity index (χ0) is 13.5. The molecule has 1 aliphatic rings. The molecule has 0 saturated carbocycles. The van der Waals surface area contributed by atoms with Gasteiger partial charge in [-0.3, -0.25) is 4.79 Å². The molecule has 0 aromatic heterocycles. The summed E-state index contributed by atoms with van der Waals surface area (Å²) in [5.41, 5.74) is 0. The number of nitrogens with one attached hydrogen (secondary N) is 2. The summed E-state index contributed by atoms with van der Waals surface area (Å²) < 4.78 is 0. The number of amides is 3. The summed E-state index contributed by atoms with van der Waals surface area (Å²) in [5.74, 6) is -1.54. The molecule has 102 valence electrons. The number of carboxylic acid groups (broad SMARTS) is 1. The Morgan fingerprint density at radius 3 is 2.89 bits per heavy atom. The van der Waals surface area contributed by atoms with Crippen LogP contribution >= 0.6 is 0 Å². The maximum absolute atomic E-state index is 11.7. The van der Waals surface area contributed by atoms with E-state index in [2.05, 4.69) is 10.6 Å². The van der Waals surface area contributed by atoms with Crippen molar-refractivity contribution in [1.82, 2.24) is 15.5 Å². The van der Waals surface area contributed by atoms with Gasteiger partial charge in [-0.15, -0.1) is 0 Å². The van der Waals surface area contributed by atoms with Crippen molar-refractivity contribution in [2.24, 2.45) is 0 Å². The molecule has 0 radical (unpaired) electrons. The fraction of sp³-hybridized carbons (Fsp3) is 0.700. The second kappa shape index (κ2) is 6.80. The third kappa shape index (κ3) is 4.58. The number of carbonyl (C=O) groups is 3. The molecule has 1 aliphatic heterocycles. The SMILES string of the molecule is O=C1CN(C(=O)NCCC(O)C(=O)O)CCCN1. The first-order chi connectivity index (χ1) is 8.50. The molecular weight excluding hydrogens is 242 g/mol. The average molecular weight is 259 g/mol. The molecule has 8 nitrogen and oxygen atoms in total. The van der Waals surface area contributed by atoms with Crippen LogP contribution in [0.4, 0.5) is 4.79 Å². The highest BCUT2D eigenvalue weighted by atomic mass is 16.4. The molecule has 8 heteroatoms. The molecule has 1 rings (SSSR count). The van der Waals surface area contributed by atoms with Crippen molar-refractivity contribution in [1.29, 1.82) is 0 Å². The minimum absolute atomic E-state index is 0.00663. The molecular formula is C10H17N3O5. The average Bonchev–Trinajstić information content (AvgIpc) is 2.53. The summed E-state index contributed by atoms with van der Waals surface area (Å²) in [5, 5.41) is 22.6. The quantitative estimate of drug-likeness (QED) is 0.482. The van der Waals surface area contributed by atoms with Crippen LogP contribution in [0.1, 0.15) is 12.8 Å². The van der Waals surface area contributed by atoms with Crippen molar-refractivity contribution >= 4 is 17.9 Å². The van der Waals surface area contributed by atoms with Crippen molar-refractivity contribution in [3.05, 3.63) is 0 Å². The molecule has 1 fully saturated rings. The summed E-state index contributed by atoms with van der Waals surface area (Å²) in [4.78, 5) is 34.6. The Hall–Kier alpha value is -1.83. The van der Waals surface area contributed by atoms with E-state index in [4.69, 9.17) is 10.2 Å². The number of carboxylic acids is 1. The Bertz CT molecular complexity index is 333. The lowest BCUT2D eigenvalue weighted by Crippen LogP contribution is -2.44. The van der Waals surface area contributed by atoms with Crippen LogP contribution in [0, 0.1) is 0 Å². The van der Waals surface area contributed by atoms with Gasteiger partial charge < -0.3 is 25.7 Å². The van der Waals surface area contributed by atoms with Crippen LogP contribution in [-0.4, -0.2) is 65.3 Å². The summed E-state index contributed by atoms with van der Waals surface area (Å²) in [6, 6.07) is -0.426. The van der Waals surface area contributed by atoms with E-state index in [1.807, 2.05) is 0 Å². The maximum Gasteiger partial charge on any atom is 0.332 e. The van der Waals surface area contributed by atoms with Crippen molar-refractivity contribution in [2.75, 3.05) is 26.2 Å². The molecule has 1 unspecified atom stereocenters. The third-order valence-corrected chi connectivity index (χ3v) is 2.53. The first kappa shape index (κ1) is 14.2. The normalized spacial score (nSPS) is 17.6. The van der Waals surface area contributed by atoms with Crippen LogP contribution < -0.4 is 10.6 Å². The number of carbonyl (C=O) groups excluding carboxylic acids is 2. The van der Waals surface area contributed by atoms with Gasteiger partial charge in [-0.1, -0.05) is 0 Å². The van der Waals surface area contributed by atoms with E-state index in [0.717, 1.165) is 0 Å². The highest BCUT2D eigenvalue weighted by Gasteiger charge is 2.20. The minimum Gasteiger partial charge on any atom is -0.479 e. The number of aliphatic carboxylic acids is 1. The molecule has 1 saturated heterocycles. The molecule has 3 amide bonds. The summed E-state index contributed by atoms with van der Waals surface area (Å²) in [6.07, 6.45) is -0.879. The lowest BCUT2D eigenvalue weighted by molar-refractivity contribution is -0.146. The highest BCUT2D eigenvalue weighted by Crippen LogP contribution is 1.97. The van der Waals surface area contributed by atoms with Crippen LogP contribution in [0.15, 0.2) is 0 Å². The predicted molar refractivity (Wildman–Crippen MR) is 60.9 cm³/mol. The third-order valence-electron chi connectivity index (χ3n) is 2.53. The Morgan fingerprint density at radius 1 is 1.50 bits per heavy atom. The zero-order valence-corrected chi connectivity index (χ0v) is 9.89. The van der Waals surface area contributed by atoms with Gasteiger partial charge in [-0.05, 0) is 6.42 Å². The Balaban J connectivity index is 2.31. The topological polar surface area (TPSA) is 119 Å². The summed E-state index contributed by atoms with van der Waals surface area (Å²) >= 11 is 0. The number of nitrogens with zero attached hydrogens (tertiary/aromatic N) is 1. The largest absolute Gasteiger partial charge is 0.479 e. The van der Waals surface area contributed by atoms with Crippen LogP contribution in [0.3, 0.4) is 0 Å². The number of hydrogen-bond donors (Lipinski definition) is 4. The maximum atomic E-state index is 11.7. The first-order valence-electron chi connectivity index (χ1n) is 5.71. The smallest absolute Gasteiger partial charge is 0.332 e. The number of aliphatic hydroxyl groups excluding tert-OH is 1. The molecule has 4 N–H and O–H groups in total. The van der Waals surface area contributed by atoms with Crippen molar-refractivity contribution in [3.63, 3.8) is 0 Å². The Morgan fingerprint density at radius 2 is 2.22 bits per heavy atom. The monoisotopic (exact) mass is 259 g/mol. The molecule has 0 aliphatic carbocycles. The van der Waals surface area contributed by atoms with Gasteiger partial charge in [0.1, 0.15) is 6.54 Å². The Labute approximate surface area is 104 Å². The van der Waals surface area contributed by atoms with Crippen molar-refractivity contribution in [3.8, 4) is 0 Å². The van der Waals surface area contributed by atoms with E-state index in [9.17, 15) is 14.4 Å². The van der Waals surface area contributed by atoms with E-state index in [-0.39, 0.29) is 25.4 Å². The first-order valence-corrected chi connectivity index (χ1v) is 5.71. The number of rotatable bonds is 4. The van der Waals surface area contributed by atoms with Crippen LogP contribution in [0.25, 0.3) is 0 Å². The van der Waals surface area contributed by atoms with E-state index in [1.54, 1.807) is 0 Å². The highest BCUT2D eigenvalue weighted by molar-refractivity contribution is 5.84. The lowest BCUT2D eigenvalue weighted by Gasteiger charge is -2.19. The Kier molecular flexibility index (Phi) is 5.37. The van der Waals surface area contributed by atoms with Gasteiger partial charge in [0, 0.05) is 26.1 Å². The molecule has 0 aromatic carbocycles. The van der Waals surface area contributed by atoms with Gasteiger partial charge in [0.15, 0.2) is 6.10 Å². The number of hydrogen-bond acceptors (Lipinski definition) is 4. The van der Waals surface area contributed by atoms with Gasteiger partial charge in [0.25, 0.3) is 0 Å². The van der Waals surface area contributed by atoms with E-state index in [1.165, 1.54) is 4.90 Å². The van der Waals surface area contributed by atoms with Gasteiger partial charge in [0.05, 0.1) is 0 Å². The molecule has 0 bridgehead atoms. The summed E-state index contributed by atoms with van der Waals surface area (Å²) in [6.45, 7) is 1.05. The molecule has 0 spiro atoms. The predicted octanol–water partition coefficient (Wildman–Crippen LogP) is -1.65. The fourth-order valence-electron chi connectivity index (χ4n) is 1.53. The van der Waals surface area contributed by atoms with Gasteiger partial charge in [-0.2, -0.15) is 0 Å². The second-order valence-corrected chi connectivity index (χ2v) is 4.00. The summed E-state index contributed by atoms with van der Waals surface area (Å²) in [7, 11) is 0. The van der Waals surface area contributed by atoms with Crippen molar-refractivity contribution < 1.29 is 24.6 Å². The molecule has 0 aromatic rings. The standard InChI is InChI=1S/C10H17N3O5/c14-7(9(16)17)2-4-12-10(18)13-5-1-3-11-8(15)6-13/h7,14H,1-6H2,(H,11,15)(H,12,18)(H,16,17). The fourth-order valence-corrected chi connectivity index (χ4v) is 1.53. The minimum atomic E-state index is -1.49. The molecule has 1 heterocycles. The van der Waals surface area contributed by atoms with Gasteiger partial charge in [-0.25, -0.2) is 9.59 Å². The molecule has 1 atom stereocenters. The van der Waals surface area contributed by atoms with Gasteiger partial charge in [0.2, 0.25) is 5.91 Å². The second-order valence-electron chi connectivity index (χ2n) is 4.00. The van der Waals surface area contributed by atoms with Crippen LogP contribution in [0.5, 0.6) is 0 Å². The van der Waals surface area contributed by atoms with E-state index >= 15 is 0 Å². The van der Waals surface area contributed by atoms with Crippen LogP contribution in [0.2, 0.25) is 0 Å². The molecule has 18 heavy (non-hydrogen) atoms.